The number of hydrogen-bond acceptors (Lipinski definition) is 3. The molecule has 2 heterocycles. The van der Waals surface area contributed by atoms with Gasteiger partial charge in [-0.2, -0.15) is 0 Å². The van der Waals surface area contributed by atoms with Crippen LogP contribution >= 0.6 is 0 Å². The summed E-state index contributed by atoms with van der Waals surface area (Å²) < 4.78 is 0. The van der Waals surface area contributed by atoms with Gasteiger partial charge in [-0.05, 0) is 25.1 Å². The molecule has 0 saturated carbocycles. The summed E-state index contributed by atoms with van der Waals surface area (Å²) in [4.78, 5) is 20.0. The largest absolute Gasteiger partial charge is 0.353 e. The van der Waals surface area contributed by atoms with Crippen LogP contribution in [0.1, 0.15) is 6.92 Å². The molecule has 17 heavy (non-hydrogen) atoms. The normalized spacial score (nSPS) is 16.5. The quantitative estimate of drug-likeness (QED) is 0.720. The van der Waals surface area contributed by atoms with Crippen molar-refractivity contribution in [3.63, 3.8) is 0 Å². The lowest BCUT2D eigenvalue weighted by molar-refractivity contribution is -0.126. The molecule has 0 atom stereocenters. The molecule has 4 nitrogen and oxygen atoms in total. The third-order valence-corrected chi connectivity index (χ3v) is 2.87. The topological polar surface area (TPSA) is 36.4 Å². The molecule has 1 amide bonds. The van der Waals surface area contributed by atoms with Crippen molar-refractivity contribution < 1.29 is 4.79 Å². The number of hydrogen-bond donors (Lipinski definition) is 0. The van der Waals surface area contributed by atoms with Crippen LogP contribution in [0.3, 0.4) is 0 Å². The SMILES string of the molecule is C/C=C/C(=O)N1CCN(c2ccccn2)CC1. The number of pyridine rings is 1. The molecule has 1 fully saturated rings. The fourth-order valence-corrected chi connectivity index (χ4v) is 1.94. The zero-order chi connectivity index (χ0) is 12.1. The molecular weight excluding hydrogens is 214 g/mol. The Bertz CT molecular complexity index is 394. The predicted octanol–water partition coefficient (Wildman–Crippen LogP) is 1.31. The Morgan fingerprint density at radius 2 is 2.06 bits per heavy atom. The molecular formula is C13H17N3O. The van der Waals surface area contributed by atoms with Crippen molar-refractivity contribution in [3.8, 4) is 0 Å². The first-order valence-electron chi connectivity index (χ1n) is 5.89. The maximum Gasteiger partial charge on any atom is 0.246 e. The highest BCUT2D eigenvalue weighted by molar-refractivity contribution is 5.87. The molecule has 90 valence electrons. The number of piperazine rings is 1. The minimum Gasteiger partial charge on any atom is -0.353 e. The lowest BCUT2D eigenvalue weighted by Crippen LogP contribution is -2.48. The lowest BCUT2D eigenvalue weighted by Gasteiger charge is -2.34. The Balaban J connectivity index is 1.92. The molecule has 0 aromatic carbocycles. The van der Waals surface area contributed by atoms with Gasteiger partial charge in [0, 0.05) is 32.4 Å². The minimum atomic E-state index is 0.105. The van der Waals surface area contributed by atoms with Gasteiger partial charge < -0.3 is 9.80 Å². The van der Waals surface area contributed by atoms with Crippen LogP contribution < -0.4 is 4.90 Å². The summed E-state index contributed by atoms with van der Waals surface area (Å²) in [6.07, 6.45) is 5.20. The third kappa shape index (κ3) is 2.84. The Labute approximate surface area is 102 Å². The number of rotatable bonds is 2. The van der Waals surface area contributed by atoms with E-state index in [1.807, 2.05) is 30.0 Å². The summed E-state index contributed by atoms with van der Waals surface area (Å²) in [6.45, 7) is 5.09. The highest BCUT2D eigenvalue weighted by Crippen LogP contribution is 2.12. The van der Waals surface area contributed by atoms with E-state index in [-0.39, 0.29) is 5.91 Å². The molecule has 1 aliphatic heterocycles. The zero-order valence-electron chi connectivity index (χ0n) is 10.0. The van der Waals surface area contributed by atoms with Gasteiger partial charge in [0.15, 0.2) is 0 Å². The van der Waals surface area contributed by atoms with Gasteiger partial charge in [0.2, 0.25) is 5.91 Å². The molecule has 1 aromatic rings. The Hall–Kier alpha value is -1.84. The van der Waals surface area contributed by atoms with Crippen molar-refractivity contribution in [1.29, 1.82) is 0 Å². The maximum absolute atomic E-state index is 11.6. The van der Waals surface area contributed by atoms with Crippen LogP contribution in [0.2, 0.25) is 0 Å². The van der Waals surface area contributed by atoms with Crippen LogP contribution in [0, 0.1) is 0 Å². The van der Waals surface area contributed by atoms with E-state index in [0.29, 0.717) is 0 Å². The molecule has 0 radical (unpaired) electrons. The van der Waals surface area contributed by atoms with Crippen molar-refractivity contribution in [2.75, 3.05) is 31.1 Å². The van der Waals surface area contributed by atoms with Crippen molar-refractivity contribution in [1.82, 2.24) is 9.88 Å². The third-order valence-electron chi connectivity index (χ3n) is 2.87. The number of allylic oxidation sites excluding steroid dienone is 1. The number of anilines is 1. The Kier molecular flexibility index (Phi) is 3.75. The van der Waals surface area contributed by atoms with Gasteiger partial charge in [0.1, 0.15) is 5.82 Å². The molecule has 0 unspecified atom stereocenters. The summed E-state index contributed by atoms with van der Waals surface area (Å²) in [5.41, 5.74) is 0. The molecule has 2 rings (SSSR count). The average Bonchev–Trinajstić information content (AvgIpc) is 2.40. The Morgan fingerprint density at radius 1 is 1.29 bits per heavy atom. The van der Waals surface area contributed by atoms with E-state index in [4.69, 9.17) is 0 Å². The molecule has 0 bridgehead atoms. The van der Waals surface area contributed by atoms with Crippen molar-refractivity contribution in [2.45, 2.75) is 6.92 Å². The van der Waals surface area contributed by atoms with E-state index in [1.165, 1.54) is 0 Å². The lowest BCUT2D eigenvalue weighted by atomic mass is 10.3. The van der Waals surface area contributed by atoms with Crippen LogP contribution in [-0.4, -0.2) is 42.0 Å². The first-order chi connectivity index (χ1) is 8.31. The molecule has 4 heteroatoms. The number of nitrogens with zero attached hydrogens (tertiary/aromatic N) is 3. The molecule has 1 aromatic heterocycles. The smallest absolute Gasteiger partial charge is 0.246 e. The van der Waals surface area contributed by atoms with Crippen LogP contribution in [0.15, 0.2) is 36.5 Å². The fourth-order valence-electron chi connectivity index (χ4n) is 1.94. The summed E-state index contributed by atoms with van der Waals surface area (Å²) in [5.74, 6) is 1.10. The van der Waals surface area contributed by atoms with Crippen molar-refractivity contribution in [2.24, 2.45) is 0 Å². The molecule has 0 spiro atoms. The van der Waals surface area contributed by atoms with E-state index < -0.39 is 0 Å². The van der Waals surface area contributed by atoms with Crippen molar-refractivity contribution >= 4 is 11.7 Å². The molecule has 0 N–H and O–H groups in total. The van der Waals surface area contributed by atoms with Gasteiger partial charge in [-0.25, -0.2) is 4.98 Å². The van der Waals surface area contributed by atoms with Crippen LogP contribution in [0.4, 0.5) is 5.82 Å². The Morgan fingerprint density at radius 3 is 2.65 bits per heavy atom. The fraction of sp³-hybridized carbons (Fsp3) is 0.385. The first kappa shape index (κ1) is 11.6. The monoisotopic (exact) mass is 231 g/mol. The number of carbonyl (C=O) groups excluding carboxylic acids is 1. The van der Waals surface area contributed by atoms with E-state index in [0.717, 1.165) is 32.0 Å². The van der Waals surface area contributed by atoms with E-state index in [9.17, 15) is 4.79 Å². The summed E-state index contributed by atoms with van der Waals surface area (Å²) >= 11 is 0. The predicted molar refractivity (Wildman–Crippen MR) is 67.8 cm³/mol. The average molecular weight is 231 g/mol. The van der Waals surface area contributed by atoms with E-state index in [1.54, 1.807) is 18.3 Å². The van der Waals surface area contributed by atoms with Gasteiger partial charge in [0.25, 0.3) is 0 Å². The number of carbonyl (C=O) groups is 1. The zero-order valence-corrected chi connectivity index (χ0v) is 10.0. The van der Waals surface area contributed by atoms with Crippen LogP contribution in [-0.2, 0) is 4.79 Å². The van der Waals surface area contributed by atoms with Crippen LogP contribution in [0.5, 0.6) is 0 Å². The summed E-state index contributed by atoms with van der Waals surface area (Å²) in [6, 6.07) is 5.90. The molecule has 1 aliphatic rings. The molecule has 0 aliphatic carbocycles. The second kappa shape index (κ2) is 5.48. The van der Waals surface area contributed by atoms with Gasteiger partial charge in [0.05, 0.1) is 0 Å². The van der Waals surface area contributed by atoms with E-state index in [2.05, 4.69) is 9.88 Å². The second-order valence-corrected chi connectivity index (χ2v) is 4.00. The van der Waals surface area contributed by atoms with Crippen molar-refractivity contribution in [3.05, 3.63) is 36.5 Å². The summed E-state index contributed by atoms with van der Waals surface area (Å²) in [5, 5.41) is 0. The van der Waals surface area contributed by atoms with Gasteiger partial charge in [-0.1, -0.05) is 12.1 Å². The standard InChI is InChI=1S/C13H17N3O/c1-2-5-13(17)16-10-8-15(9-11-16)12-6-3-4-7-14-12/h2-7H,8-11H2,1H3/b5-2+. The first-order valence-corrected chi connectivity index (χ1v) is 5.89. The van der Waals surface area contributed by atoms with Gasteiger partial charge >= 0.3 is 0 Å². The molecule has 1 saturated heterocycles. The number of amides is 1. The minimum absolute atomic E-state index is 0.105. The van der Waals surface area contributed by atoms with E-state index >= 15 is 0 Å². The van der Waals surface area contributed by atoms with Gasteiger partial charge in [-0.3, -0.25) is 4.79 Å². The summed E-state index contributed by atoms with van der Waals surface area (Å²) in [7, 11) is 0. The highest BCUT2D eigenvalue weighted by atomic mass is 16.2. The highest BCUT2D eigenvalue weighted by Gasteiger charge is 2.19. The second-order valence-electron chi connectivity index (χ2n) is 4.00. The number of aromatic nitrogens is 1. The van der Waals surface area contributed by atoms with Crippen LogP contribution in [0.25, 0.3) is 0 Å². The maximum atomic E-state index is 11.6. The van der Waals surface area contributed by atoms with Gasteiger partial charge in [-0.15, -0.1) is 0 Å².